The van der Waals surface area contributed by atoms with Crippen molar-refractivity contribution in [2.45, 2.75) is 25.9 Å². The molecule has 1 aromatic carbocycles. The molecule has 0 spiro atoms. The molecule has 0 aliphatic carbocycles. The van der Waals surface area contributed by atoms with E-state index in [0.29, 0.717) is 18.4 Å². The average molecular weight is 349 g/mol. The van der Waals surface area contributed by atoms with Crippen LogP contribution < -0.4 is 5.56 Å². The highest BCUT2D eigenvalue weighted by atomic mass is 19.4. The zero-order valence-electron chi connectivity index (χ0n) is 13.2. The van der Waals surface area contributed by atoms with E-state index in [-0.39, 0.29) is 16.9 Å². The van der Waals surface area contributed by atoms with Crippen LogP contribution in [0.3, 0.4) is 0 Å². The van der Waals surface area contributed by atoms with Gasteiger partial charge in [-0.2, -0.15) is 18.2 Å². The quantitative estimate of drug-likeness (QED) is 0.782. The Hall–Kier alpha value is -2.90. The minimum Gasteiger partial charge on any atom is -0.329 e. The van der Waals surface area contributed by atoms with Crippen LogP contribution in [0.4, 0.5) is 13.2 Å². The first kappa shape index (κ1) is 16.9. The fourth-order valence-corrected chi connectivity index (χ4v) is 2.55. The number of hydrogen-bond acceptors (Lipinski definition) is 4. The molecular formula is C17H14F3N3O2. The van der Waals surface area contributed by atoms with Crippen LogP contribution in [0.25, 0.3) is 11.4 Å². The maximum Gasteiger partial charge on any atom is 0.471 e. The van der Waals surface area contributed by atoms with Crippen molar-refractivity contribution in [3.8, 4) is 11.4 Å². The maximum atomic E-state index is 12.6. The van der Waals surface area contributed by atoms with Crippen LogP contribution in [0.5, 0.6) is 0 Å². The standard InChI is InChI=1S/C17H14F3N3O2/c1-10-3-2-4-11(9-10)5-6-13-12(7-8-21-15(13)24)14-22-16(25-23-14)17(18,19)20/h2-4,7-9H,5-6H2,1H3,(H,21,24). The summed E-state index contributed by atoms with van der Waals surface area (Å²) < 4.78 is 42.2. The highest BCUT2D eigenvalue weighted by molar-refractivity contribution is 5.58. The fourth-order valence-electron chi connectivity index (χ4n) is 2.55. The van der Waals surface area contributed by atoms with Gasteiger partial charge in [0.2, 0.25) is 5.82 Å². The summed E-state index contributed by atoms with van der Waals surface area (Å²) in [5, 5.41) is 3.36. The van der Waals surface area contributed by atoms with Gasteiger partial charge < -0.3 is 9.51 Å². The molecule has 1 N–H and O–H groups in total. The minimum absolute atomic E-state index is 0.232. The van der Waals surface area contributed by atoms with Gasteiger partial charge in [-0.3, -0.25) is 4.79 Å². The average Bonchev–Trinajstić information content (AvgIpc) is 3.03. The Bertz CT molecular complexity index is 945. The molecule has 3 aromatic rings. The number of aromatic amines is 1. The topological polar surface area (TPSA) is 71.8 Å². The van der Waals surface area contributed by atoms with E-state index in [1.54, 1.807) is 0 Å². The molecule has 0 radical (unpaired) electrons. The molecule has 0 saturated carbocycles. The molecule has 0 atom stereocenters. The number of aromatic nitrogens is 3. The van der Waals surface area contributed by atoms with Gasteiger partial charge in [-0.1, -0.05) is 35.0 Å². The van der Waals surface area contributed by atoms with Crippen molar-refractivity contribution in [1.82, 2.24) is 15.1 Å². The zero-order valence-corrected chi connectivity index (χ0v) is 13.2. The molecule has 0 aliphatic heterocycles. The molecule has 8 heteroatoms. The van der Waals surface area contributed by atoms with Crippen molar-refractivity contribution in [3.63, 3.8) is 0 Å². The molecule has 2 heterocycles. The van der Waals surface area contributed by atoms with E-state index in [9.17, 15) is 18.0 Å². The van der Waals surface area contributed by atoms with Crippen molar-refractivity contribution in [3.05, 3.63) is 69.5 Å². The number of alkyl halides is 3. The summed E-state index contributed by atoms with van der Waals surface area (Å²) >= 11 is 0. The highest BCUT2D eigenvalue weighted by Crippen LogP contribution is 2.29. The third-order valence-corrected chi connectivity index (χ3v) is 3.72. The SMILES string of the molecule is Cc1cccc(CCc2c(-c3noc(C(F)(F)F)n3)cc[nH]c2=O)c1. The molecule has 0 saturated heterocycles. The molecule has 0 unspecified atom stereocenters. The number of nitrogens with zero attached hydrogens (tertiary/aromatic N) is 2. The van der Waals surface area contributed by atoms with Gasteiger partial charge in [-0.15, -0.1) is 0 Å². The Kier molecular flexibility index (Phi) is 4.43. The highest BCUT2D eigenvalue weighted by Gasteiger charge is 2.38. The van der Waals surface area contributed by atoms with Crippen LogP contribution in [0, 0.1) is 6.92 Å². The molecule has 5 nitrogen and oxygen atoms in total. The van der Waals surface area contributed by atoms with Crippen LogP contribution in [-0.2, 0) is 19.0 Å². The van der Waals surface area contributed by atoms with Crippen molar-refractivity contribution >= 4 is 0 Å². The van der Waals surface area contributed by atoms with E-state index >= 15 is 0 Å². The number of hydrogen-bond donors (Lipinski definition) is 1. The van der Waals surface area contributed by atoms with Gasteiger partial charge in [-0.05, 0) is 31.4 Å². The number of H-pyrrole nitrogens is 1. The van der Waals surface area contributed by atoms with E-state index < -0.39 is 12.1 Å². The van der Waals surface area contributed by atoms with Gasteiger partial charge >= 0.3 is 12.1 Å². The van der Waals surface area contributed by atoms with Gasteiger partial charge in [0.15, 0.2) is 0 Å². The molecule has 2 aromatic heterocycles. The van der Waals surface area contributed by atoms with E-state index in [1.807, 2.05) is 31.2 Å². The van der Waals surface area contributed by atoms with Gasteiger partial charge in [0.1, 0.15) is 0 Å². The maximum absolute atomic E-state index is 12.6. The lowest BCUT2D eigenvalue weighted by Crippen LogP contribution is -2.14. The molecule has 130 valence electrons. The monoisotopic (exact) mass is 349 g/mol. The molecule has 0 aliphatic rings. The molecule has 25 heavy (non-hydrogen) atoms. The lowest BCUT2D eigenvalue weighted by Gasteiger charge is -2.06. The second-order valence-electron chi connectivity index (χ2n) is 5.61. The predicted octanol–water partition coefficient (Wildman–Crippen LogP) is 3.54. The zero-order chi connectivity index (χ0) is 18.0. The van der Waals surface area contributed by atoms with Crippen LogP contribution in [0.1, 0.15) is 22.6 Å². The predicted molar refractivity (Wildman–Crippen MR) is 83.9 cm³/mol. The van der Waals surface area contributed by atoms with Crippen molar-refractivity contribution in [1.29, 1.82) is 0 Å². The third-order valence-electron chi connectivity index (χ3n) is 3.72. The molecular weight excluding hydrogens is 335 g/mol. The molecule has 0 bridgehead atoms. The van der Waals surface area contributed by atoms with Crippen molar-refractivity contribution in [2.75, 3.05) is 0 Å². The Morgan fingerprint density at radius 2 is 2.00 bits per heavy atom. The Morgan fingerprint density at radius 1 is 1.20 bits per heavy atom. The lowest BCUT2D eigenvalue weighted by molar-refractivity contribution is -0.159. The lowest BCUT2D eigenvalue weighted by atomic mass is 10.0. The Balaban J connectivity index is 1.92. The van der Waals surface area contributed by atoms with Gasteiger partial charge in [0, 0.05) is 17.3 Å². The number of benzene rings is 1. The molecule has 3 rings (SSSR count). The second kappa shape index (κ2) is 6.54. The summed E-state index contributed by atoms with van der Waals surface area (Å²) in [4.78, 5) is 18.0. The normalized spacial score (nSPS) is 11.7. The molecule has 0 fully saturated rings. The van der Waals surface area contributed by atoms with Gasteiger partial charge in [0.25, 0.3) is 5.56 Å². The van der Waals surface area contributed by atoms with E-state index in [2.05, 4.69) is 19.6 Å². The van der Waals surface area contributed by atoms with Crippen molar-refractivity contribution < 1.29 is 17.7 Å². The van der Waals surface area contributed by atoms with E-state index in [4.69, 9.17) is 0 Å². The first-order chi connectivity index (χ1) is 11.8. The summed E-state index contributed by atoms with van der Waals surface area (Å²) in [6.07, 6.45) is -2.48. The van der Waals surface area contributed by atoms with Crippen LogP contribution >= 0.6 is 0 Å². The number of pyridine rings is 1. The van der Waals surface area contributed by atoms with Crippen LogP contribution in [0.2, 0.25) is 0 Å². The first-order valence-corrected chi connectivity index (χ1v) is 7.52. The minimum atomic E-state index is -4.73. The smallest absolute Gasteiger partial charge is 0.329 e. The summed E-state index contributed by atoms with van der Waals surface area (Å²) in [7, 11) is 0. The van der Waals surface area contributed by atoms with Gasteiger partial charge in [-0.25, -0.2) is 0 Å². The van der Waals surface area contributed by atoms with Crippen LogP contribution in [-0.4, -0.2) is 15.1 Å². The summed E-state index contributed by atoms with van der Waals surface area (Å²) in [6.45, 7) is 1.96. The summed E-state index contributed by atoms with van der Waals surface area (Å²) in [5.74, 6) is -1.69. The number of halogens is 3. The third kappa shape index (κ3) is 3.78. The summed E-state index contributed by atoms with van der Waals surface area (Å²) in [6, 6.07) is 9.27. The molecule has 0 amide bonds. The van der Waals surface area contributed by atoms with Crippen molar-refractivity contribution in [2.24, 2.45) is 0 Å². The Morgan fingerprint density at radius 3 is 2.68 bits per heavy atom. The first-order valence-electron chi connectivity index (χ1n) is 7.52. The number of aryl methyl sites for hydroxylation is 2. The second-order valence-corrected chi connectivity index (χ2v) is 5.61. The van der Waals surface area contributed by atoms with Crippen LogP contribution in [0.15, 0.2) is 45.8 Å². The largest absolute Gasteiger partial charge is 0.471 e. The fraction of sp³-hybridized carbons (Fsp3) is 0.235. The van der Waals surface area contributed by atoms with E-state index in [1.165, 1.54) is 12.3 Å². The summed E-state index contributed by atoms with van der Waals surface area (Å²) in [5.41, 5.74) is 2.28. The number of rotatable bonds is 4. The number of nitrogens with one attached hydrogen (secondary N) is 1. The Labute approximate surface area is 140 Å². The van der Waals surface area contributed by atoms with Gasteiger partial charge in [0.05, 0.1) is 0 Å². The van der Waals surface area contributed by atoms with E-state index in [0.717, 1.165) is 11.1 Å².